The first kappa shape index (κ1) is 35.5. The molecule has 11 rings (SSSR count). The lowest BCUT2D eigenvalue weighted by Crippen LogP contribution is -2.02. The van der Waals surface area contributed by atoms with E-state index in [2.05, 4.69) is 152 Å². The van der Waals surface area contributed by atoms with Gasteiger partial charge in [-0.25, -0.2) is 15.0 Å². The fourth-order valence-corrected chi connectivity index (χ4v) is 9.34. The molecule has 5 nitrogen and oxygen atoms in total. The summed E-state index contributed by atoms with van der Waals surface area (Å²) in [5.41, 5.74) is 17.3. The lowest BCUT2D eigenvalue weighted by atomic mass is 9.97. The van der Waals surface area contributed by atoms with Crippen LogP contribution in [-0.4, -0.2) is 24.1 Å². The van der Waals surface area contributed by atoms with Gasteiger partial charge in [-0.1, -0.05) is 158 Å². The van der Waals surface area contributed by atoms with Crippen LogP contribution < -0.4 is 0 Å². The normalized spacial score (nSPS) is 11.7. The van der Waals surface area contributed by atoms with Crippen molar-refractivity contribution in [1.29, 1.82) is 0 Å². The Morgan fingerprint density at radius 1 is 0.333 bits per heavy atom. The minimum absolute atomic E-state index is 0.635. The molecule has 0 saturated carbocycles. The molecule has 0 bridgehead atoms. The molecule has 0 atom stereocenters. The number of rotatable bonds is 6. The van der Waals surface area contributed by atoms with Crippen molar-refractivity contribution in [3.63, 3.8) is 0 Å². The fourth-order valence-electron chi connectivity index (χ4n) is 9.34. The van der Waals surface area contributed by atoms with Crippen LogP contribution in [0.1, 0.15) is 22.3 Å². The second-order valence-corrected chi connectivity index (χ2v) is 15.8. The molecule has 60 heavy (non-hydrogen) atoms. The van der Waals surface area contributed by atoms with Crippen LogP contribution in [0, 0.1) is 27.7 Å². The quantitative estimate of drug-likeness (QED) is 0.169. The molecule has 0 radical (unpaired) electrons. The van der Waals surface area contributed by atoms with E-state index in [4.69, 9.17) is 15.0 Å². The third-order valence-electron chi connectivity index (χ3n) is 12.0. The highest BCUT2D eigenvalue weighted by atomic mass is 15.0. The molecule has 0 N–H and O–H groups in total. The Kier molecular flexibility index (Phi) is 8.31. The minimum atomic E-state index is 0.635. The average molecular weight is 772 g/mol. The molecule has 3 aromatic heterocycles. The van der Waals surface area contributed by atoms with Gasteiger partial charge in [-0.15, -0.1) is 0 Å². The molecule has 0 unspecified atom stereocenters. The van der Waals surface area contributed by atoms with Crippen molar-refractivity contribution in [3.8, 4) is 56.7 Å². The van der Waals surface area contributed by atoms with Gasteiger partial charge in [-0.3, -0.25) is 0 Å². The van der Waals surface area contributed by atoms with Crippen LogP contribution in [0.2, 0.25) is 0 Å². The molecule has 0 fully saturated rings. The molecule has 5 heteroatoms. The molecule has 11 aromatic rings. The van der Waals surface area contributed by atoms with Gasteiger partial charge in [-0.05, 0) is 73.7 Å². The van der Waals surface area contributed by atoms with Gasteiger partial charge in [0.2, 0.25) is 0 Å². The number of para-hydroxylation sites is 4. The Labute approximate surface area is 348 Å². The molecule has 0 aliphatic heterocycles. The summed E-state index contributed by atoms with van der Waals surface area (Å²) >= 11 is 0. The number of hydrogen-bond acceptors (Lipinski definition) is 3. The Bertz CT molecular complexity index is 3350. The second kappa shape index (κ2) is 14.0. The van der Waals surface area contributed by atoms with Gasteiger partial charge in [0.25, 0.3) is 0 Å². The molecule has 0 spiro atoms. The first-order valence-electron chi connectivity index (χ1n) is 20.5. The summed E-state index contributed by atoms with van der Waals surface area (Å²) in [6.45, 7) is 8.92. The Hall–Kier alpha value is -7.63. The van der Waals surface area contributed by atoms with E-state index < -0.39 is 0 Å². The largest absolute Gasteiger partial charge is 0.308 e. The van der Waals surface area contributed by atoms with Crippen molar-refractivity contribution in [2.45, 2.75) is 27.7 Å². The highest BCUT2D eigenvalue weighted by Gasteiger charge is 2.26. The predicted molar refractivity (Wildman–Crippen MR) is 249 cm³/mol. The second-order valence-electron chi connectivity index (χ2n) is 15.8. The van der Waals surface area contributed by atoms with E-state index in [1.165, 1.54) is 77.2 Å². The summed E-state index contributed by atoms with van der Waals surface area (Å²) in [7, 11) is 0. The molecular weight excluding hydrogens is 731 g/mol. The van der Waals surface area contributed by atoms with Gasteiger partial charge >= 0.3 is 0 Å². The Morgan fingerprint density at radius 2 is 0.733 bits per heavy atom. The summed E-state index contributed by atoms with van der Waals surface area (Å²) in [4.78, 5) is 15.0. The maximum atomic E-state index is 5.05. The maximum Gasteiger partial charge on any atom is 0.164 e. The van der Waals surface area contributed by atoms with E-state index in [1.807, 2.05) is 60.7 Å². The van der Waals surface area contributed by atoms with Crippen molar-refractivity contribution in [1.82, 2.24) is 24.1 Å². The molecule has 3 heterocycles. The van der Waals surface area contributed by atoms with Crippen LogP contribution in [0.15, 0.2) is 176 Å². The number of benzene rings is 8. The van der Waals surface area contributed by atoms with Crippen LogP contribution in [-0.2, 0) is 0 Å². The molecule has 286 valence electrons. The minimum Gasteiger partial charge on any atom is -0.308 e. The monoisotopic (exact) mass is 771 g/mol. The Balaban J connectivity index is 1.23. The fraction of sp³-hybridized carbons (Fsp3) is 0.0727. The molecular formula is C55H41N5. The lowest BCUT2D eigenvalue weighted by Gasteiger charge is -2.18. The molecule has 0 aliphatic rings. The SMILES string of the molecule is Cc1cccc(C)c1-n1c2ccccc2c2c1c(-c1ccc(-c3nc(-c4ccccc4)nc(-c4ccccc4)n3)cc1)cc1c3ccccc3n(-c3c(C)cccc3C)c12. The van der Waals surface area contributed by atoms with E-state index in [-0.39, 0.29) is 0 Å². The summed E-state index contributed by atoms with van der Waals surface area (Å²) in [5.74, 6) is 1.93. The van der Waals surface area contributed by atoms with Crippen molar-refractivity contribution in [2.75, 3.05) is 0 Å². The summed E-state index contributed by atoms with van der Waals surface area (Å²) in [5, 5.41) is 4.91. The van der Waals surface area contributed by atoms with Gasteiger partial charge in [-0.2, -0.15) is 0 Å². The van der Waals surface area contributed by atoms with E-state index in [9.17, 15) is 0 Å². The van der Waals surface area contributed by atoms with Crippen molar-refractivity contribution in [3.05, 3.63) is 198 Å². The maximum absolute atomic E-state index is 5.05. The number of fused-ring (bicyclic) bond motifs is 7. The van der Waals surface area contributed by atoms with E-state index in [0.717, 1.165) is 27.8 Å². The van der Waals surface area contributed by atoms with Crippen LogP contribution in [0.25, 0.3) is 100 Å². The molecule has 0 aliphatic carbocycles. The van der Waals surface area contributed by atoms with Gasteiger partial charge in [0.1, 0.15) is 0 Å². The zero-order valence-corrected chi connectivity index (χ0v) is 34.0. The van der Waals surface area contributed by atoms with Gasteiger partial charge in [0.05, 0.1) is 33.4 Å². The van der Waals surface area contributed by atoms with E-state index >= 15 is 0 Å². The van der Waals surface area contributed by atoms with Gasteiger partial charge < -0.3 is 9.13 Å². The number of nitrogens with zero attached hydrogens (tertiary/aromatic N) is 5. The number of aromatic nitrogens is 5. The number of hydrogen-bond donors (Lipinski definition) is 0. The summed E-state index contributed by atoms with van der Waals surface area (Å²) in [6.07, 6.45) is 0. The van der Waals surface area contributed by atoms with Crippen molar-refractivity contribution >= 4 is 43.6 Å². The summed E-state index contributed by atoms with van der Waals surface area (Å²) < 4.78 is 5.05. The Morgan fingerprint density at radius 3 is 1.25 bits per heavy atom. The van der Waals surface area contributed by atoms with Gasteiger partial charge in [0, 0.05) is 43.8 Å². The smallest absolute Gasteiger partial charge is 0.164 e. The van der Waals surface area contributed by atoms with Crippen molar-refractivity contribution < 1.29 is 0 Å². The standard InChI is InChI=1S/C55H41N5/c1-34-17-15-18-35(2)49(34)59-46-27-13-11-25-42(46)45-33-44(51-48(52(45)59)43-26-12-14-28-47(43)60(51)50-36(3)19-16-20-37(50)4)38-29-31-41(32-30-38)55-57-53(39-21-7-5-8-22-39)56-54(58-55)40-23-9-6-10-24-40/h5-33H,1-4H3. The average Bonchev–Trinajstić information content (AvgIpc) is 3.79. The number of aryl methyl sites for hydroxylation is 4. The highest BCUT2D eigenvalue weighted by Crippen LogP contribution is 2.47. The van der Waals surface area contributed by atoms with Crippen LogP contribution in [0.5, 0.6) is 0 Å². The third-order valence-corrected chi connectivity index (χ3v) is 12.0. The zero-order valence-electron chi connectivity index (χ0n) is 34.0. The molecule has 8 aromatic carbocycles. The third kappa shape index (κ3) is 5.58. The van der Waals surface area contributed by atoms with Crippen LogP contribution in [0.4, 0.5) is 0 Å². The molecule has 0 saturated heterocycles. The zero-order chi connectivity index (χ0) is 40.5. The van der Waals surface area contributed by atoms with Crippen LogP contribution >= 0.6 is 0 Å². The molecule has 0 amide bonds. The topological polar surface area (TPSA) is 48.5 Å². The first-order chi connectivity index (χ1) is 29.4. The van der Waals surface area contributed by atoms with Gasteiger partial charge in [0.15, 0.2) is 17.5 Å². The first-order valence-corrected chi connectivity index (χ1v) is 20.5. The lowest BCUT2D eigenvalue weighted by molar-refractivity contribution is 1.07. The summed E-state index contributed by atoms with van der Waals surface area (Å²) in [6, 6.07) is 62.6. The highest BCUT2D eigenvalue weighted by molar-refractivity contribution is 6.29. The van der Waals surface area contributed by atoms with E-state index in [0.29, 0.717) is 17.5 Å². The van der Waals surface area contributed by atoms with Crippen molar-refractivity contribution in [2.24, 2.45) is 0 Å². The van der Waals surface area contributed by atoms with Crippen LogP contribution in [0.3, 0.4) is 0 Å². The predicted octanol–water partition coefficient (Wildman–Crippen LogP) is 14.0. The van der Waals surface area contributed by atoms with E-state index in [1.54, 1.807) is 0 Å².